The van der Waals surface area contributed by atoms with Crippen LogP contribution in [-0.4, -0.2) is 34.6 Å². The zero-order valence-electron chi connectivity index (χ0n) is 15.5. The molecule has 1 unspecified atom stereocenters. The monoisotopic (exact) mass is 407 g/mol. The first-order valence-electron chi connectivity index (χ1n) is 9.59. The van der Waals surface area contributed by atoms with Crippen LogP contribution in [0.3, 0.4) is 0 Å². The molecular weight excluding hydrogens is 383 g/mol. The van der Waals surface area contributed by atoms with Crippen LogP contribution in [0.4, 0.5) is 13.2 Å². The minimum atomic E-state index is -4.30. The number of aliphatic hydroxyl groups is 1. The molecule has 2 fully saturated rings. The predicted molar refractivity (Wildman–Crippen MR) is 105 cm³/mol. The molecule has 1 saturated carbocycles. The number of alkyl halides is 3. The average molecular weight is 408 g/mol. The number of fused-ring (bicyclic) bond motifs is 1. The minimum Gasteiger partial charge on any atom is -0.390 e. The summed E-state index contributed by atoms with van der Waals surface area (Å²) in [6, 6.07) is 15.6. The van der Waals surface area contributed by atoms with Gasteiger partial charge in [0.25, 0.3) is 0 Å². The second-order valence-electron chi connectivity index (χ2n) is 8.15. The van der Waals surface area contributed by atoms with Gasteiger partial charge in [0.15, 0.2) is 0 Å². The molecule has 1 heterocycles. The van der Waals surface area contributed by atoms with Crippen molar-refractivity contribution in [3.8, 4) is 0 Å². The highest BCUT2D eigenvalue weighted by Gasteiger charge is 2.47. The van der Waals surface area contributed by atoms with Crippen LogP contribution in [0.15, 0.2) is 59.5 Å². The van der Waals surface area contributed by atoms with Gasteiger partial charge in [-0.05, 0) is 48.4 Å². The van der Waals surface area contributed by atoms with Gasteiger partial charge in [0.05, 0.1) is 11.2 Å². The molecule has 2 aromatic rings. The van der Waals surface area contributed by atoms with Gasteiger partial charge in [0.2, 0.25) is 0 Å². The smallest absolute Gasteiger partial charge is 0.390 e. The molecule has 28 heavy (non-hydrogen) atoms. The van der Waals surface area contributed by atoms with Crippen LogP contribution in [0, 0.1) is 11.8 Å². The molecule has 2 nitrogen and oxygen atoms in total. The van der Waals surface area contributed by atoms with Gasteiger partial charge in [-0.1, -0.05) is 36.4 Å². The van der Waals surface area contributed by atoms with E-state index in [-0.39, 0.29) is 0 Å². The van der Waals surface area contributed by atoms with E-state index < -0.39 is 17.3 Å². The molecule has 2 aromatic carbocycles. The van der Waals surface area contributed by atoms with Crippen LogP contribution in [0.1, 0.15) is 24.0 Å². The maximum Gasteiger partial charge on any atom is 0.416 e. The van der Waals surface area contributed by atoms with Gasteiger partial charge in [0.1, 0.15) is 0 Å². The Morgan fingerprint density at radius 3 is 2.32 bits per heavy atom. The van der Waals surface area contributed by atoms with Gasteiger partial charge in [-0.3, -0.25) is 4.90 Å². The molecule has 1 saturated heterocycles. The van der Waals surface area contributed by atoms with Gasteiger partial charge in [0, 0.05) is 30.3 Å². The summed E-state index contributed by atoms with van der Waals surface area (Å²) < 4.78 is 38.6. The molecule has 2 aliphatic rings. The van der Waals surface area contributed by atoms with E-state index in [1.807, 2.05) is 18.2 Å². The highest BCUT2D eigenvalue weighted by atomic mass is 32.2. The van der Waals surface area contributed by atoms with E-state index >= 15 is 0 Å². The number of thioether (sulfide) groups is 1. The van der Waals surface area contributed by atoms with Crippen molar-refractivity contribution in [2.24, 2.45) is 11.8 Å². The molecule has 1 N–H and O–H groups in total. The fraction of sp³-hybridized carbons (Fsp3) is 0.455. The van der Waals surface area contributed by atoms with E-state index in [0.717, 1.165) is 32.0 Å². The summed E-state index contributed by atoms with van der Waals surface area (Å²) in [6.45, 7) is 1.82. The normalized spacial score (nSPS) is 27.9. The Labute approximate surface area is 167 Å². The molecule has 6 heteroatoms. The lowest BCUT2D eigenvalue weighted by Gasteiger charge is -2.26. The fourth-order valence-corrected chi connectivity index (χ4v) is 5.64. The number of hydrogen-bond acceptors (Lipinski definition) is 3. The number of nitrogens with zero attached hydrogens (tertiary/aromatic N) is 1. The molecule has 0 radical (unpaired) electrons. The SMILES string of the molecule is OC1(Cc2ccccc2)C[C@H]2CN(CSc3cccc(C(F)(F)F)c3)C[C@H]2C1. The summed E-state index contributed by atoms with van der Waals surface area (Å²) in [5.74, 6) is 1.62. The Bertz CT molecular complexity index is 797. The zero-order valence-corrected chi connectivity index (χ0v) is 16.3. The summed E-state index contributed by atoms with van der Waals surface area (Å²) in [7, 11) is 0. The molecule has 0 spiro atoms. The number of hydrogen-bond donors (Lipinski definition) is 1. The standard InChI is InChI=1S/C22H24F3NOS/c23-22(24,25)19-7-4-8-20(9-19)28-15-26-13-17-11-21(27,12-18(17)14-26)10-16-5-2-1-3-6-16/h1-9,17-18,27H,10-15H2/t17-,18+,21?. The average Bonchev–Trinajstić information content (AvgIpc) is 3.14. The predicted octanol–water partition coefficient (Wildman–Crippen LogP) is 5.07. The first-order chi connectivity index (χ1) is 13.3. The van der Waals surface area contributed by atoms with Crippen molar-refractivity contribution in [1.29, 1.82) is 0 Å². The van der Waals surface area contributed by atoms with Crippen LogP contribution in [0.5, 0.6) is 0 Å². The molecule has 150 valence electrons. The third-order valence-electron chi connectivity index (χ3n) is 5.89. The number of likely N-dealkylation sites (tertiary alicyclic amines) is 1. The first-order valence-corrected chi connectivity index (χ1v) is 10.6. The van der Waals surface area contributed by atoms with Gasteiger partial charge in [-0.15, -0.1) is 11.8 Å². The molecule has 0 aromatic heterocycles. The van der Waals surface area contributed by atoms with Crippen LogP contribution in [0.25, 0.3) is 0 Å². The fourth-order valence-electron chi connectivity index (χ4n) is 4.71. The van der Waals surface area contributed by atoms with Gasteiger partial charge in [-0.2, -0.15) is 13.2 Å². The van der Waals surface area contributed by atoms with Crippen molar-refractivity contribution in [2.75, 3.05) is 19.0 Å². The zero-order chi connectivity index (χ0) is 19.8. The minimum absolute atomic E-state index is 0.468. The van der Waals surface area contributed by atoms with Crippen molar-refractivity contribution < 1.29 is 18.3 Å². The van der Waals surface area contributed by atoms with Crippen molar-refractivity contribution in [2.45, 2.75) is 35.9 Å². The molecule has 0 amide bonds. The third-order valence-corrected chi connectivity index (χ3v) is 6.97. The molecular formula is C22H24F3NOS. The van der Waals surface area contributed by atoms with Gasteiger partial charge in [-0.25, -0.2) is 0 Å². The van der Waals surface area contributed by atoms with E-state index in [0.29, 0.717) is 29.0 Å². The molecule has 1 aliphatic carbocycles. The summed E-state index contributed by atoms with van der Waals surface area (Å²) in [4.78, 5) is 2.95. The van der Waals surface area contributed by atoms with E-state index in [1.165, 1.54) is 29.5 Å². The summed E-state index contributed by atoms with van der Waals surface area (Å²) in [5.41, 5.74) is -0.0551. The Balaban J connectivity index is 1.30. The second-order valence-corrected chi connectivity index (χ2v) is 9.17. The third kappa shape index (κ3) is 4.56. The summed E-state index contributed by atoms with van der Waals surface area (Å²) in [5, 5.41) is 11.0. The number of rotatable bonds is 5. The Morgan fingerprint density at radius 1 is 1.00 bits per heavy atom. The topological polar surface area (TPSA) is 23.5 Å². The Morgan fingerprint density at radius 2 is 1.68 bits per heavy atom. The van der Waals surface area contributed by atoms with Gasteiger partial charge >= 0.3 is 6.18 Å². The summed E-state index contributed by atoms with van der Waals surface area (Å²) >= 11 is 1.45. The maximum atomic E-state index is 12.9. The van der Waals surface area contributed by atoms with Crippen molar-refractivity contribution >= 4 is 11.8 Å². The second kappa shape index (κ2) is 7.73. The molecule has 0 bridgehead atoms. The van der Waals surface area contributed by atoms with Crippen molar-refractivity contribution in [3.63, 3.8) is 0 Å². The maximum absolute atomic E-state index is 12.9. The first kappa shape index (κ1) is 19.8. The summed E-state index contributed by atoms with van der Waals surface area (Å²) in [6.07, 6.45) is -2.00. The van der Waals surface area contributed by atoms with E-state index in [9.17, 15) is 18.3 Å². The van der Waals surface area contributed by atoms with Crippen LogP contribution >= 0.6 is 11.8 Å². The van der Waals surface area contributed by atoms with Crippen molar-refractivity contribution in [3.05, 3.63) is 65.7 Å². The van der Waals surface area contributed by atoms with E-state index in [4.69, 9.17) is 0 Å². The molecule has 4 rings (SSSR count). The Hall–Kier alpha value is -1.50. The molecule has 3 atom stereocenters. The van der Waals surface area contributed by atoms with E-state index in [1.54, 1.807) is 6.07 Å². The lowest BCUT2D eigenvalue weighted by atomic mass is 9.91. The lowest BCUT2D eigenvalue weighted by molar-refractivity contribution is -0.137. The quantitative estimate of drug-likeness (QED) is 0.700. The van der Waals surface area contributed by atoms with Crippen LogP contribution < -0.4 is 0 Å². The lowest BCUT2D eigenvalue weighted by Crippen LogP contribution is -2.32. The number of halogens is 3. The van der Waals surface area contributed by atoms with Crippen LogP contribution in [0.2, 0.25) is 0 Å². The van der Waals surface area contributed by atoms with Crippen molar-refractivity contribution in [1.82, 2.24) is 4.90 Å². The number of benzene rings is 2. The molecule has 1 aliphatic heterocycles. The highest BCUT2D eigenvalue weighted by molar-refractivity contribution is 7.99. The van der Waals surface area contributed by atoms with Crippen LogP contribution in [-0.2, 0) is 12.6 Å². The Kier molecular flexibility index (Phi) is 5.47. The highest BCUT2D eigenvalue weighted by Crippen LogP contribution is 2.45. The van der Waals surface area contributed by atoms with Gasteiger partial charge < -0.3 is 5.11 Å². The van der Waals surface area contributed by atoms with E-state index in [2.05, 4.69) is 17.0 Å². The largest absolute Gasteiger partial charge is 0.416 e.